The Hall–Kier alpha value is 0.827. The molecule has 6 atom stereocenters. The smallest absolute Gasteiger partial charge is 0.799 e. The van der Waals surface area contributed by atoms with Crippen molar-refractivity contribution in [2.24, 2.45) is 0 Å². The summed E-state index contributed by atoms with van der Waals surface area (Å²) >= 11 is 0. The maximum Gasteiger partial charge on any atom is 3.00 e. The summed E-state index contributed by atoms with van der Waals surface area (Å²) < 4.78 is 63.3. The van der Waals surface area contributed by atoms with E-state index in [0.29, 0.717) is 0 Å². The van der Waals surface area contributed by atoms with Gasteiger partial charge in [0.25, 0.3) is 0 Å². The monoisotopic (exact) mass is 535 g/mol. The van der Waals surface area contributed by atoms with Gasteiger partial charge in [0.1, 0.15) is 0 Å². The van der Waals surface area contributed by atoms with Gasteiger partial charge in [-0.3, -0.25) is 0 Å². The molecule has 0 aromatic heterocycles. The van der Waals surface area contributed by atoms with Crippen molar-refractivity contribution in [1.82, 2.24) is 0 Å². The van der Waals surface area contributed by atoms with E-state index < -0.39 is 41.8 Å². The van der Waals surface area contributed by atoms with Gasteiger partial charge in [0.05, 0.1) is 0 Å². The van der Waals surface area contributed by atoms with Crippen LogP contribution in [0, 0.1) is 37.3 Å². The first-order chi connectivity index (χ1) is 9.54. The van der Waals surface area contributed by atoms with Crippen molar-refractivity contribution in [1.29, 1.82) is 0 Å². The van der Waals surface area contributed by atoms with Crippen LogP contribution in [0.25, 0.3) is 0 Å². The van der Waals surface area contributed by atoms with Crippen molar-refractivity contribution < 1.29 is 78.9 Å². The van der Waals surface area contributed by atoms with Crippen LogP contribution in [0.15, 0.2) is 38.0 Å². The molecule has 0 aromatic rings. The van der Waals surface area contributed by atoms with Crippen LogP contribution in [0.4, 0.5) is 13.2 Å². The standard InChI is InChI=1S/3C3H6FO2P.Er/c3*1-2-3(4)7(5)6;/h3*2-3,7H,1H2,(H,5,6);/q;;;+3/p-3. The number of hydrogen-bond acceptors (Lipinski definition) is 6. The minimum atomic E-state index is -3.25. The van der Waals surface area contributed by atoms with Crippen LogP contribution in [-0.4, -0.2) is 17.7 Å². The molecular formula is C9H15ErF3O6P3. The molecule has 0 aromatic carbocycles. The van der Waals surface area contributed by atoms with Gasteiger partial charge in [-0.2, -0.15) is 0 Å². The summed E-state index contributed by atoms with van der Waals surface area (Å²) in [5, 5.41) is 0. The molecule has 0 fully saturated rings. The van der Waals surface area contributed by atoms with Gasteiger partial charge in [0.2, 0.25) is 0 Å². The van der Waals surface area contributed by atoms with E-state index >= 15 is 0 Å². The van der Waals surface area contributed by atoms with Crippen molar-refractivity contribution in [3.63, 3.8) is 0 Å². The third-order valence-corrected chi connectivity index (χ3v) is 3.35. The molecular weight excluding hydrogens is 521 g/mol. The molecule has 0 aliphatic carbocycles. The van der Waals surface area contributed by atoms with Gasteiger partial charge in [-0.05, 0) is 0 Å². The van der Waals surface area contributed by atoms with E-state index in [0.717, 1.165) is 18.2 Å². The normalized spacial score (nSPS) is 17.2. The second-order valence-electron chi connectivity index (χ2n) is 2.87. The Labute approximate surface area is 158 Å². The van der Waals surface area contributed by atoms with E-state index in [1.165, 1.54) is 0 Å². The predicted octanol–water partition coefficient (Wildman–Crippen LogP) is 0.909. The Balaban J connectivity index is -0.000000108. The molecule has 0 heterocycles. The Kier molecular flexibility index (Phi) is 27.7. The summed E-state index contributed by atoms with van der Waals surface area (Å²) in [7, 11) is -9.74. The van der Waals surface area contributed by atoms with Crippen LogP contribution in [0.1, 0.15) is 0 Å². The second-order valence-corrected chi connectivity index (χ2v) is 6.44. The van der Waals surface area contributed by atoms with Crippen molar-refractivity contribution in [3.8, 4) is 0 Å². The van der Waals surface area contributed by atoms with E-state index in [4.69, 9.17) is 0 Å². The number of rotatable bonds is 6. The SMILES string of the molecule is C=CC(F)[PH](=O)[O-].C=CC(F)[PH](=O)[O-].C=CC(F)[PH](=O)[O-].[Er+3]. The Morgan fingerprint density at radius 1 is 0.682 bits per heavy atom. The molecule has 22 heavy (non-hydrogen) atoms. The van der Waals surface area contributed by atoms with Crippen LogP contribution in [-0.2, 0) is 13.7 Å². The first kappa shape index (κ1) is 30.7. The number of allylic oxidation sites excluding steroid dienone is 3. The molecule has 0 saturated heterocycles. The molecule has 6 nitrogen and oxygen atoms in total. The molecule has 0 amide bonds. The number of halogens is 3. The minimum absolute atomic E-state index is 0. The first-order valence-electron chi connectivity index (χ1n) is 4.97. The average molecular weight is 536 g/mol. The molecule has 0 rings (SSSR count). The molecule has 0 spiro atoms. The largest absolute Gasteiger partial charge is 3.00 e. The minimum Gasteiger partial charge on any atom is -0.799 e. The van der Waals surface area contributed by atoms with Gasteiger partial charge < -0.3 is 28.4 Å². The molecule has 0 saturated carbocycles. The Morgan fingerprint density at radius 3 is 0.818 bits per heavy atom. The molecule has 0 aliphatic heterocycles. The molecule has 1 radical (unpaired) electrons. The molecule has 13 heteroatoms. The topological polar surface area (TPSA) is 120 Å². The van der Waals surface area contributed by atoms with Crippen molar-refractivity contribution in [2.75, 3.05) is 0 Å². The van der Waals surface area contributed by atoms with Crippen molar-refractivity contribution in [3.05, 3.63) is 38.0 Å². The summed E-state index contributed by atoms with van der Waals surface area (Å²) in [6, 6.07) is 0. The second kappa shape index (κ2) is 19.9. The van der Waals surface area contributed by atoms with E-state index in [1.807, 2.05) is 0 Å². The molecule has 0 N–H and O–H groups in total. The fourth-order valence-corrected chi connectivity index (χ4v) is 0.866. The van der Waals surface area contributed by atoms with E-state index in [-0.39, 0.29) is 37.3 Å². The number of hydrogen-bond donors (Lipinski definition) is 0. The summed E-state index contributed by atoms with van der Waals surface area (Å²) in [6.07, 6.45) is 2.23. The molecule has 0 aliphatic rings. The average Bonchev–Trinajstić information content (AvgIpc) is 2.45. The summed E-state index contributed by atoms with van der Waals surface area (Å²) in [5.74, 6) is -5.53. The van der Waals surface area contributed by atoms with Gasteiger partial charge in [-0.1, -0.05) is 38.0 Å². The maximum absolute atomic E-state index is 11.6. The summed E-state index contributed by atoms with van der Waals surface area (Å²) in [6.45, 7) is 8.80. The van der Waals surface area contributed by atoms with Gasteiger partial charge in [-0.25, -0.2) is 13.2 Å². The van der Waals surface area contributed by atoms with Gasteiger partial charge in [0, 0.05) is 24.1 Å². The van der Waals surface area contributed by atoms with E-state index in [1.54, 1.807) is 0 Å². The van der Waals surface area contributed by atoms with Crippen molar-refractivity contribution >= 4 is 24.1 Å². The Bertz CT molecular complexity index is 342. The molecule has 6 unspecified atom stereocenters. The zero-order chi connectivity index (χ0) is 17.6. The van der Waals surface area contributed by atoms with Crippen LogP contribution in [0.3, 0.4) is 0 Å². The number of alkyl halides is 3. The predicted molar refractivity (Wildman–Crippen MR) is 72.3 cm³/mol. The summed E-state index contributed by atoms with van der Waals surface area (Å²) in [4.78, 5) is 28.7. The zero-order valence-corrected chi connectivity index (χ0v) is 15.8. The zero-order valence-electron chi connectivity index (χ0n) is 11.0. The van der Waals surface area contributed by atoms with Crippen LogP contribution >= 0.6 is 24.1 Å². The maximum atomic E-state index is 11.6. The van der Waals surface area contributed by atoms with Crippen LogP contribution in [0.2, 0.25) is 0 Å². The van der Waals surface area contributed by atoms with E-state index in [9.17, 15) is 41.5 Å². The fourth-order valence-electron chi connectivity index (χ4n) is 0.289. The van der Waals surface area contributed by atoms with E-state index in [2.05, 4.69) is 19.7 Å². The quantitative estimate of drug-likeness (QED) is 0.368. The first-order valence-corrected chi connectivity index (χ1v) is 9.15. The third kappa shape index (κ3) is 23.1. The third-order valence-electron chi connectivity index (χ3n) is 1.30. The van der Waals surface area contributed by atoms with Gasteiger partial charge in [0.15, 0.2) is 17.7 Å². The Morgan fingerprint density at radius 2 is 0.818 bits per heavy atom. The fraction of sp³-hybridized carbons (Fsp3) is 0.333. The summed E-state index contributed by atoms with van der Waals surface area (Å²) in [5.41, 5.74) is 0. The van der Waals surface area contributed by atoms with Crippen LogP contribution < -0.4 is 14.7 Å². The van der Waals surface area contributed by atoms with Gasteiger partial charge in [-0.15, -0.1) is 0 Å². The van der Waals surface area contributed by atoms with Crippen LogP contribution in [0.5, 0.6) is 0 Å². The van der Waals surface area contributed by atoms with Gasteiger partial charge >= 0.3 is 37.3 Å². The molecule has 135 valence electrons. The van der Waals surface area contributed by atoms with Crippen molar-refractivity contribution in [2.45, 2.75) is 17.7 Å². The molecule has 0 bridgehead atoms.